The zero-order valence-corrected chi connectivity index (χ0v) is 12.3. The molecule has 0 radical (unpaired) electrons. The summed E-state index contributed by atoms with van der Waals surface area (Å²) in [5.41, 5.74) is 0.0504. The van der Waals surface area contributed by atoms with E-state index in [-0.39, 0.29) is 22.9 Å². The Labute approximate surface area is 135 Å². The molecule has 7 nitrogen and oxygen atoms in total. The van der Waals surface area contributed by atoms with Crippen molar-refractivity contribution in [3.8, 4) is 5.75 Å². The van der Waals surface area contributed by atoms with Crippen molar-refractivity contribution in [3.63, 3.8) is 0 Å². The van der Waals surface area contributed by atoms with E-state index in [2.05, 4.69) is 15.2 Å². The predicted octanol–water partition coefficient (Wildman–Crippen LogP) is 4.92. The van der Waals surface area contributed by atoms with E-state index >= 15 is 0 Å². The van der Waals surface area contributed by atoms with Crippen LogP contribution in [0.15, 0.2) is 58.9 Å². The number of nitrogens with zero attached hydrogens (tertiary/aromatic N) is 4. The van der Waals surface area contributed by atoms with E-state index in [9.17, 15) is 15.2 Å². The second-order valence-corrected chi connectivity index (χ2v) is 5.01. The molecule has 1 aromatic heterocycles. The number of azo groups is 1. The molecule has 3 aromatic rings. The summed E-state index contributed by atoms with van der Waals surface area (Å²) in [4.78, 5) is 13.8. The number of fused-ring (bicyclic) bond motifs is 1. The molecule has 0 fully saturated rings. The van der Waals surface area contributed by atoms with Gasteiger partial charge in [0.25, 0.3) is 5.69 Å². The summed E-state index contributed by atoms with van der Waals surface area (Å²) >= 11 is 6.17. The monoisotopic (exact) mass is 328 g/mol. The molecule has 0 atom stereocenters. The van der Waals surface area contributed by atoms with E-state index < -0.39 is 4.92 Å². The van der Waals surface area contributed by atoms with Crippen LogP contribution in [-0.2, 0) is 0 Å². The summed E-state index contributed by atoms with van der Waals surface area (Å²) in [7, 11) is 0. The van der Waals surface area contributed by atoms with Crippen LogP contribution in [0.3, 0.4) is 0 Å². The minimum atomic E-state index is -0.553. The van der Waals surface area contributed by atoms with Crippen LogP contribution in [0.4, 0.5) is 17.2 Å². The van der Waals surface area contributed by atoms with Crippen LogP contribution >= 0.6 is 11.6 Å². The molecule has 114 valence electrons. The van der Waals surface area contributed by atoms with Crippen LogP contribution in [0.25, 0.3) is 10.8 Å². The first-order valence-electron chi connectivity index (χ1n) is 6.48. The zero-order chi connectivity index (χ0) is 16.4. The summed E-state index contributed by atoms with van der Waals surface area (Å²) in [6.45, 7) is 0. The lowest BCUT2D eigenvalue weighted by atomic mass is 10.1. The minimum Gasteiger partial charge on any atom is -0.505 e. The molecule has 0 saturated carbocycles. The van der Waals surface area contributed by atoms with E-state index in [0.29, 0.717) is 15.8 Å². The van der Waals surface area contributed by atoms with Gasteiger partial charge in [-0.05, 0) is 12.1 Å². The molecule has 0 amide bonds. The van der Waals surface area contributed by atoms with Crippen molar-refractivity contribution in [2.45, 2.75) is 0 Å². The van der Waals surface area contributed by atoms with Gasteiger partial charge in [0.1, 0.15) is 11.9 Å². The van der Waals surface area contributed by atoms with E-state index in [1.54, 1.807) is 18.2 Å². The molecule has 0 saturated heterocycles. The number of phenols is 1. The quantitative estimate of drug-likeness (QED) is 0.419. The molecular formula is C15H9ClN4O3. The Morgan fingerprint density at radius 1 is 1.13 bits per heavy atom. The first kappa shape index (κ1) is 14.9. The van der Waals surface area contributed by atoms with Crippen LogP contribution in [-0.4, -0.2) is 15.0 Å². The van der Waals surface area contributed by atoms with E-state index in [1.165, 1.54) is 18.2 Å². The molecule has 23 heavy (non-hydrogen) atoms. The third kappa shape index (κ3) is 2.95. The van der Waals surface area contributed by atoms with E-state index in [1.807, 2.05) is 6.07 Å². The largest absolute Gasteiger partial charge is 0.505 e. The van der Waals surface area contributed by atoms with Gasteiger partial charge in [-0.25, -0.2) is 4.98 Å². The maximum absolute atomic E-state index is 10.6. The number of halogens is 1. The molecule has 0 aliphatic heterocycles. The number of aromatic nitrogens is 1. The fourth-order valence-electron chi connectivity index (χ4n) is 2.03. The number of pyridine rings is 1. The maximum atomic E-state index is 10.6. The highest BCUT2D eigenvalue weighted by molar-refractivity contribution is 6.36. The zero-order valence-electron chi connectivity index (χ0n) is 11.5. The van der Waals surface area contributed by atoms with Gasteiger partial charge in [0.15, 0.2) is 11.6 Å². The van der Waals surface area contributed by atoms with Crippen molar-refractivity contribution in [3.05, 3.63) is 63.8 Å². The first-order chi connectivity index (χ1) is 11.1. The van der Waals surface area contributed by atoms with Crippen molar-refractivity contribution < 1.29 is 10.0 Å². The molecule has 0 aliphatic carbocycles. The average Bonchev–Trinajstić information content (AvgIpc) is 2.57. The van der Waals surface area contributed by atoms with Gasteiger partial charge in [-0.2, -0.15) is 0 Å². The molecule has 3 rings (SSSR count). The average molecular weight is 329 g/mol. The first-order valence-corrected chi connectivity index (χ1v) is 6.86. The van der Waals surface area contributed by atoms with Gasteiger partial charge < -0.3 is 5.11 Å². The topological polar surface area (TPSA) is 101 Å². The molecule has 0 spiro atoms. The van der Waals surface area contributed by atoms with Gasteiger partial charge >= 0.3 is 0 Å². The van der Waals surface area contributed by atoms with Crippen molar-refractivity contribution >= 4 is 39.6 Å². The van der Waals surface area contributed by atoms with Crippen molar-refractivity contribution in [1.82, 2.24) is 4.98 Å². The fourth-order valence-corrected chi connectivity index (χ4v) is 2.30. The van der Waals surface area contributed by atoms with Gasteiger partial charge in [0, 0.05) is 16.8 Å². The number of aromatic hydroxyl groups is 1. The normalized spacial score (nSPS) is 11.2. The molecular weight excluding hydrogens is 320 g/mol. The van der Waals surface area contributed by atoms with Crippen LogP contribution in [0.2, 0.25) is 5.02 Å². The SMILES string of the molecule is O=[N+]([O-])c1ccc(N=Nc2cc(Cl)c3ccccc3c2O)nc1. The van der Waals surface area contributed by atoms with Crippen LogP contribution in [0.1, 0.15) is 0 Å². The smallest absolute Gasteiger partial charge is 0.287 e. The number of rotatable bonds is 3. The molecule has 1 N–H and O–H groups in total. The van der Waals surface area contributed by atoms with Crippen LogP contribution < -0.4 is 0 Å². The lowest BCUT2D eigenvalue weighted by Crippen LogP contribution is -1.87. The van der Waals surface area contributed by atoms with Gasteiger partial charge in [-0.3, -0.25) is 10.1 Å². The maximum Gasteiger partial charge on any atom is 0.287 e. The Morgan fingerprint density at radius 3 is 2.52 bits per heavy atom. The Hall–Kier alpha value is -3.06. The minimum absolute atomic E-state index is 0.0457. The fraction of sp³-hybridized carbons (Fsp3) is 0. The molecule has 0 unspecified atom stereocenters. The predicted molar refractivity (Wildman–Crippen MR) is 85.7 cm³/mol. The summed E-state index contributed by atoms with van der Waals surface area (Å²) in [5.74, 6) is 0.134. The van der Waals surface area contributed by atoms with Gasteiger partial charge in [-0.1, -0.05) is 35.9 Å². The third-order valence-corrected chi connectivity index (χ3v) is 3.46. The Kier molecular flexibility index (Phi) is 3.86. The molecule has 1 heterocycles. The van der Waals surface area contributed by atoms with Gasteiger partial charge in [0.05, 0.1) is 9.95 Å². The van der Waals surface area contributed by atoms with Gasteiger partial charge in [-0.15, -0.1) is 10.2 Å². The Bertz CT molecular complexity index is 926. The van der Waals surface area contributed by atoms with E-state index in [4.69, 9.17) is 11.6 Å². The van der Waals surface area contributed by atoms with Crippen molar-refractivity contribution in [2.75, 3.05) is 0 Å². The standard InChI is InChI=1S/C15H9ClN4O3/c16-12-7-13(15(21)11-4-2-1-3-10(11)12)18-19-14-6-5-9(8-17-14)20(22)23/h1-8,21H. The number of hydrogen-bond acceptors (Lipinski definition) is 6. The van der Waals surface area contributed by atoms with Gasteiger partial charge in [0.2, 0.25) is 0 Å². The summed E-state index contributed by atoms with van der Waals surface area (Å²) < 4.78 is 0. The third-order valence-electron chi connectivity index (χ3n) is 3.15. The summed E-state index contributed by atoms with van der Waals surface area (Å²) in [6.07, 6.45) is 1.08. The number of nitro groups is 1. The highest BCUT2D eigenvalue weighted by atomic mass is 35.5. The molecule has 2 aromatic carbocycles. The Morgan fingerprint density at radius 2 is 1.87 bits per heavy atom. The van der Waals surface area contributed by atoms with Crippen LogP contribution in [0.5, 0.6) is 5.75 Å². The molecule has 0 aliphatic rings. The highest BCUT2D eigenvalue weighted by Gasteiger charge is 2.10. The Balaban J connectivity index is 1.97. The number of hydrogen-bond donors (Lipinski definition) is 1. The summed E-state index contributed by atoms with van der Waals surface area (Å²) in [5, 5.41) is 30.3. The summed E-state index contributed by atoms with van der Waals surface area (Å²) in [6, 6.07) is 11.2. The number of phenolic OH excluding ortho intramolecular Hbond substituents is 1. The lowest BCUT2D eigenvalue weighted by Gasteiger charge is -2.05. The lowest BCUT2D eigenvalue weighted by molar-refractivity contribution is -0.385. The van der Waals surface area contributed by atoms with Crippen LogP contribution in [0, 0.1) is 10.1 Å². The van der Waals surface area contributed by atoms with Crippen molar-refractivity contribution in [1.29, 1.82) is 0 Å². The molecule has 8 heteroatoms. The molecule has 0 bridgehead atoms. The second-order valence-electron chi connectivity index (χ2n) is 4.60. The van der Waals surface area contributed by atoms with Crippen molar-refractivity contribution in [2.24, 2.45) is 10.2 Å². The number of benzene rings is 2. The van der Waals surface area contributed by atoms with E-state index in [0.717, 1.165) is 6.20 Å². The highest BCUT2D eigenvalue weighted by Crippen LogP contribution is 2.39. The second kappa shape index (κ2) is 5.98.